The molecule has 2 aromatic heterocycles. The zero-order chi connectivity index (χ0) is 25.4. The summed E-state index contributed by atoms with van der Waals surface area (Å²) in [5.74, 6) is 0.438. The summed E-state index contributed by atoms with van der Waals surface area (Å²) in [6, 6.07) is 10.9. The number of anilines is 3. The zero-order valence-corrected chi connectivity index (χ0v) is 19.4. The molecule has 0 radical (unpaired) electrons. The van der Waals surface area contributed by atoms with Crippen molar-refractivity contribution in [2.45, 2.75) is 13.1 Å². The first-order valence-corrected chi connectivity index (χ1v) is 11.5. The first kappa shape index (κ1) is 22.3. The number of fused-ring (bicyclic) bond motifs is 3. The third-order valence-corrected chi connectivity index (χ3v) is 5.97. The highest BCUT2D eigenvalue weighted by Gasteiger charge is 2.19. The fourth-order valence-corrected chi connectivity index (χ4v) is 4.19. The van der Waals surface area contributed by atoms with Crippen molar-refractivity contribution < 1.29 is 23.9 Å². The van der Waals surface area contributed by atoms with Crippen molar-refractivity contribution >= 4 is 45.8 Å². The van der Waals surface area contributed by atoms with Gasteiger partial charge in [0, 0.05) is 19.3 Å². The van der Waals surface area contributed by atoms with Crippen LogP contribution in [0.1, 0.15) is 21.6 Å². The van der Waals surface area contributed by atoms with Crippen molar-refractivity contribution in [2.75, 3.05) is 29.2 Å². The molecule has 4 heterocycles. The van der Waals surface area contributed by atoms with E-state index in [1.165, 1.54) is 6.33 Å². The van der Waals surface area contributed by atoms with Gasteiger partial charge in [0.1, 0.15) is 23.3 Å². The number of benzene rings is 2. The van der Waals surface area contributed by atoms with Gasteiger partial charge in [0.15, 0.2) is 18.9 Å². The molecule has 5 N–H and O–H groups in total. The van der Waals surface area contributed by atoms with Crippen LogP contribution in [0.5, 0.6) is 11.5 Å². The molecule has 186 valence electrons. The lowest BCUT2D eigenvalue weighted by Gasteiger charge is -2.18. The number of nitrogens with zero attached hydrogens (tertiary/aromatic N) is 2. The maximum Gasteiger partial charge on any atom is 0.272 e. The third-order valence-electron chi connectivity index (χ3n) is 5.97. The highest BCUT2D eigenvalue weighted by Crippen LogP contribution is 2.30. The van der Waals surface area contributed by atoms with Crippen molar-refractivity contribution in [3.8, 4) is 11.5 Å². The van der Waals surface area contributed by atoms with Crippen LogP contribution >= 0.6 is 0 Å². The van der Waals surface area contributed by atoms with Gasteiger partial charge in [-0.25, -0.2) is 9.97 Å². The summed E-state index contributed by atoms with van der Waals surface area (Å²) < 4.78 is 10.8. The Labute approximate surface area is 209 Å². The third kappa shape index (κ3) is 4.47. The number of aromatic nitrogens is 3. The predicted octanol–water partition coefficient (Wildman–Crippen LogP) is 2.16. The van der Waals surface area contributed by atoms with Crippen molar-refractivity contribution in [1.29, 1.82) is 0 Å². The molecule has 4 aromatic rings. The van der Waals surface area contributed by atoms with Gasteiger partial charge in [0.25, 0.3) is 17.7 Å². The lowest BCUT2D eigenvalue weighted by Crippen LogP contribution is -2.26. The molecule has 12 heteroatoms. The summed E-state index contributed by atoms with van der Waals surface area (Å²) in [5, 5.41) is 11.7. The van der Waals surface area contributed by atoms with Crippen molar-refractivity contribution in [3.63, 3.8) is 0 Å². The second-order valence-electron chi connectivity index (χ2n) is 8.52. The van der Waals surface area contributed by atoms with Crippen LogP contribution in [0.2, 0.25) is 0 Å². The molecule has 0 spiro atoms. The quantitative estimate of drug-likeness (QED) is 0.270. The fourth-order valence-electron chi connectivity index (χ4n) is 4.19. The highest BCUT2D eigenvalue weighted by molar-refractivity contribution is 6.05. The predicted molar refractivity (Wildman–Crippen MR) is 134 cm³/mol. The van der Waals surface area contributed by atoms with Crippen LogP contribution < -0.4 is 30.7 Å². The van der Waals surface area contributed by atoms with E-state index in [4.69, 9.17) is 9.47 Å². The Kier molecular flexibility index (Phi) is 5.52. The van der Waals surface area contributed by atoms with Crippen LogP contribution in [-0.4, -0.2) is 45.9 Å². The van der Waals surface area contributed by atoms with E-state index in [0.29, 0.717) is 46.1 Å². The van der Waals surface area contributed by atoms with Gasteiger partial charge in [-0.2, -0.15) is 0 Å². The minimum absolute atomic E-state index is 0.00996. The van der Waals surface area contributed by atoms with E-state index in [-0.39, 0.29) is 43.2 Å². The van der Waals surface area contributed by atoms with E-state index < -0.39 is 0 Å². The fraction of sp³-hybridized carbons (Fsp3) is 0.160. The van der Waals surface area contributed by atoms with Gasteiger partial charge in [0.05, 0.1) is 22.6 Å². The Morgan fingerprint density at radius 3 is 2.22 bits per heavy atom. The minimum Gasteiger partial charge on any atom is -0.482 e. The van der Waals surface area contributed by atoms with Crippen LogP contribution in [0.3, 0.4) is 0 Å². The summed E-state index contributed by atoms with van der Waals surface area (Å²) in [7, 11) is 0. The average molecular weight is 499 g/mol. The summed E-state index contributed by atoms with van der Waals surface area (Å²) in [6.45, 7) is 0.689. The molecule has 12 nitrogen and oxygen atoms in total. The van der Waals surface area contributed by atoms with Gasteiger partial charge in [-0.3, -0.25) is 14.4 Å². The van der Waals surface area contributed by atoms with Crippen LogP contribution in [0.25, 0.3) is 11.0 Å². The number of H-pyrrole nitrogens is 1. The molecular weight excluding hydrogens is 478 g/mol. The molecule has 0 fully saturated rings. The molecule has 0 atom stereocenters. The van der Waals surface area contributed by atoms with Crippen molar-refractivity contribution in [3.05, 3.63) is 65.7 Å². The van der Waals surface area contributed by atoms with Gasteiger partial charge in [-0.15, -0.1) is 0 Å². The van der Waals surface area contributed by atoms with Crippen LogP contribution in [0, 0.1) is 0 Å². The van der Waals surface area contributed by atoms with Gasteiger partial charge >= 0.3 is 0 Å². The minimum atomic E-state index is -0.371. The number of rotatable bonds is 6. The number of nitrogens with one attached hydrogen (secondary N) is 5. The number of hydrogen-bond acceptors (Lipinski definition) is 8. The Balaban J connectivity index is 1.14. The summed E-state index contributed by atoms with van der Waals surface area (Å²) in [5.41, 5.74) is 4.91. The highest BCUT2D eigenvalue weighted by atomic mass is 16.5. The normalized spacial score (nSPS) is 13.9. The lowest BCUT2D eigenvalue weighted by molar-refractivity contribution is -0.119. The molecule has 2 aromatic carbocycles. The smallest absolute Gasteiger partial charge is 0.272 e. The molecule has 2 aliphatic rings. The van der Waals surface area contributed by atoms with Crippen molar-refractivity contribution in [2.24, 2.45) is 0 Å². The monoisotopic (exact) mass is 499 g/mol. The average Bonchev–Trinajstić information content (AvgIpc) is 3.33. The van der Waals surface area contributed by atoms with E-state index in [1.807, 2.05) is 24.3 Å². The Morgan fingerprint density at radius 2 is 1.54 bits per heavy atom. The molecule has 0 saturated carbocycles. The van der Waals surface area contributed by atoms with Gasteiger partial charge in [-0.1, -0.05) is 12.1 Å². The molecule has 37 heavy (non-hydrogen) atoms. The first-order valence-electron chi connectivity index (χ1n) is 11.5. The second-order valence-corrected chi connectivity index (χ2v) is 8.52. The Hall–Kier alpha value is -5.13. The summed E-state index contributed by atoms with van der Waals surface area (Å²) in [6.07, 6.45) is 3.07. The van der Waals surface area contributed by atoms with Gasteiger partial charge in [0.2, 0.25) is 0 Å². The SMILES string of the molecule is O=C1COc2ccc(CNC(=O)c3ncnc4c(NCc5ccc6c(c5)NC(=O)CO6)c[nH]c34)cc2N1. The lowest BCUT2D eigenvalue weighted by atomic mass is 10.1. The van der Waals surface area contributed by atoms with E-state index >= 15 is 0 Å². The summed E-state index contributed by atoms with van der Waals surface area (Å²) >= 11 is 0. The van der Waals surface area contributed by atoms with E-state index in [2.05, 4.69) is 36.2 Å². The largest absolute Gasteiger partial charge is 0.482 e. The van der Waals surface area contributed by atoms with Crippen molar-refractivity contribution in [1.82, 2.24) is 20.3 Å². The molecule has 6 rings (SSSR count). The molecule has 3 amide bonds. The molecule has 0 unspecified atom stereocenters. The number of carbonyl (C=O) groups excluding carboxylic acids is 3. The number of ether oxygens (including phenoxy) is 2. The molecule has 0 bridgehead atoms. The Morgan fingerprint density at radius 1 is 0.892 bits per heavy atom. The molecule has 2 aliphatic heterocycles. The van der Waals surface area contributed by atoms with Crippen LogP contribution in [0.4, 0.5) is 17.1 Å². The number of amides is 3. The zero-order valence-electron chi connectivity index (χ0n) is 19.4. The number of hydrogen-bond donors (Lipinski definition) is 5. The molecular formula is C25H21N7O5. The van der Waals surface area contributed by atoms with Crippen LogP contribution in [-0.2, 0) is 22.7 Å². The second kappa shape index (κ2) is 9.15. The first-order chi connectivity index (χ1) is 18.0. The summed E-state index contributed by atoms with van der Waals surface area (Å²) in [4.78, 5) is 47.7. The molecule has 0 saturated heterocycles. The standard InChI is InChI=1S/C25H21N7O5/c33-20-10-36-18-3-1-13(5-15(18)31-20)7-26-17-9-27-23-22(17)29-12-30-24(23)25(35)28-8-14-2-4-19-16(6-14)32-21(34)11-37-19/h1-6,9,12,26-27H,7-8,10-11H2,(H,28,35)(H,31,33)(H,32,34). The topological polar surface area (TPSA) is 159 Å². The Bertz CT molecular complexity index is 1560. The maximum atomic E-state index is 12.9. The van der Waals surface area contributed by atoms with Gasteiger partial charge in [-0.05, 0) is 35.4 Å². The van der Waals surface area contributed by atoms with Gasteiger partial charge < -0.3 is 35.7 Å². The number of aromatic amines is 1. The van der Waals surface area contributed by atoms with Crippen LogP contribution in [0.15, 0.2) is 48.9 Å². The molecule has 0 aliphatic carbocycles. The van der Waals surface area contributed by atoms with E-state index in [1.54, 1.807) is 18.3 Å². The maximum absolute atomic E-state index is 12.9. The number of carbonyl (C=O) groups is 3. The van der Waals surface area contributed by atoms with E-state index in [0.717, 1.165) is 11.1 Å². The van der Waals surface area contributed by atoms with E-state index in [9.17, 15) is 14.4 Å².